The van der Waals surface area contributed by atoms with Crippen molar-refractivity contribution in [3.63, 3.8) is 0 Å². The Kier molecular flexibility index (Phi) is 7.54. The number of rotatable bonds is 4. The molecule has 1 heterocycles. The largest absolute Gasteiger partial charge is 0.443 e. The van der Waals surface area contributed by atoms with E-state index in [0.29, 0.717) is 12.4 Å². The molecular formula is C17H25IN4O. The van der Waals surface area contributed by atoms with Crippen LogP contribution < -0.4 is 10.6 Å². The van der Waals surface area contributed by atoms with Crippen molar-refractivity contribution in [2.24, 2.45) is 4.99 Å². The third-order valence-electron chi connectivity index (χ3n) is 3.23. The van der Waals surface area contributed by atoms with Crippen molar-refractivity contribution in [1.29, 1.82) is 0 Å². The van der Waals surface area contributed by atoms with Crippen molar-refractivity contribution < 1.29 is 4.42 Å². The van der Waals surface area contributed by atoms with Crippen LogP contribution in [0.3, 0.4) is 0 Å². The lowest BCUT2D eigenvalue weighted by atomic mass is 9.94. The normalized spacial score (nSPS) is 11.7. The smallest absolute Gasteiger partial charge is 0.213 e. The van der Waals surface area contributed by atoms with Gasteiger partial charge in [0.05, 0.1) is 12.7 Å². The van der Waals surface area contributed by atoms with Gasteiger partial charge in [0.15, 0.2) is 5.96 Å². The predicted molar refractivity (Wildman–Crippen MR) is 104 cm³/mol. The molecule has 5 nitrogen and oxygen atoms in total. The molecule has 2 aromatic rings. The molecule has 0 fully saturated rings. The zero-order valence-electron chi connectivity index (χ0n) is 14.1. The standard InChI is InChI=1S/C17H24N4O.HI/c1-17(2,3)14-11-19-15(22-14)12-21-16(18-4)20-10-13-8-6-5-7-9-13;/h5-9,11H,10,12H2,1-4H3,(H2,18,20,21);1H. The number of oxazole rings is 1. The van der Waals surface area contributed by atoms with Gasteiger partial charge in [0.25, 0.3) is 0 Å². The maximum absolute atomic E-state index is 5.75. The number of hydrogen-bond acceptors (Lipinski definition) is 3. The van der Waals surface area contributed by atoms with E-state index in [1.807, 2.05) is 18.2 Å². The Bertz CT molecular complexity index is 617. The van der Waals surface area contributed by atoms with E-state index in [1.165, 1.54) is 5.56 Å². The molecule has 2 N–H and O–H groups in total. The molecule has 0 aliphatic carbocycles. The maximum Gasteiger partial charge on any atom is 0.213 e. The monoisotopic (exact) mass is 428 g/mol. The van der Waals surface area contributed by atoms with Crippen LogP contribution in [0.5, 0.6) is 0 Å². The highest BCUT2D eigenvalue weighted by molar-refractivity contribution is 14.0. The molecule has 126 valence electrons. The van der Waals surface area contributed by atoms with Crippen molar-refractivity contribution in [1.82, 2.24) is 15.6 Å². The zero-order chi connectivity index (χ0) is 16.0. The van der Waals surface area contributed by atoms with Crippen LogP contribution in [0.4, 0.5) is 0 Å². The number of benzene rings is 1. The molecular weight excluding hydrogens is 403 g/mol. The number of hydrogen-bond donors (Lipinski definition) is 2. The third kappa shape index (κ3) is 6.21. The van der Waals surface area contributed by atoms with Crippen molar-refractivity contribution >= 4 is 29.9 Å². The first-order valence-corrected chi connectivity index (χ1v) is 7.42. The first-order chi connectivity index (χ1) is 10.5. The summed E-state index contributed by atoms with van der Waals surface area (Å²) < 4.78 is 5.75. The summed E-state index contributed by atoms with van der Waals surface area (Å²) in [6, 6.07) is 10.2. The Hall–Kier alpha value is -1.57. The van der Waals surface area contributed by atoms with Gasteiger partial charge in [-0.15, -0.1) is 24.0 Å². The molecule has 23 heavy (non-hydrogen) atoms. The van der Waals surface area contributed by atoms with Crippen LogP contribution in [0.1, 0.15) is 38.0 Å². The lowest BCUT2D eigenvalue weighted by Gasteiger charge is -2.13. The van der Waals surface area contributed by atoms with E-state index in [0.717, 1.165) is 18.3 Å². The fourth-order valence-corrected chi connectivity index (χ4v) is 1.90. The molecule has 0 aliphatic heterocycles. The van der Waals surface area contributed by atoms with E-state index in [4.69, 9.17) is 4.42 Å². The lowest BCUT2D eigenvalue weighted by molar-refractivity contribution is 0.379. The van der Waals surface area contributed by atoms with Crippen LogP contribution in [-0.2, 0) is 18.5 Å². The van der Waals surface area contributed by atoms with Gasteiger partial charge in [-0.1, -0.05) is 51.1 Å². The molecule has 1 aromatic carbocycles. The molecule has 0 saturated carbocycles. The summed E-state index contributed by atoms with van der Waals surface area (Å²) in [5, 5.41) is 6.47. The highest BCUT2D eigenvalue weighted by Gasteiger charge is 2.19. The third-order valence-corrected chi connectivity index (χ3v) is 3.23. The minimum Gasteiger partial charge on any atom is -0.443 e. The number of nitrogens with zero attached hydrogens (tertiary/aromatic N) is 2. The van der Waals surface area contributed by atoms with Gasteiger partial charge in [-0.3, -0.25) is 4.99 Å². The summed E-state index contributed by atoms with van der Waals surface area (Å²) in [5.41, 5.74) is 1.18. The first kappa shape index (κ1) is 19.5. The van der Waals surface area contributed by atoms with Crippen molar-refractivity contribution in [3.05, 3.63) is 53.7 Å². The molecule has 0 unspecified atom stereocenters. The van der Waals surface area contributed by atoms with E-state index in [9.17, 15) is 0 Å². The number of aliphatic imine (C=N–C) groups is 1. The molecule has 0 amide bonds. The summed E-state index contributed by atoms with van der Waals surface area (Å²) in [6.45, 7) is 7.53. The number of aromatic nitrogens is 1. The molecule has 1 aromatic heterocycles. The van der Waals surface area contributed by atoms with Gasteiger partial charge < -0.3 is 15.1 Å². The van der Waals surface area contributed by atoms with Crippen molar-refractivity contribution in [2.75, 3.05) is 7.05 Å². The number of guanidine groups is 1. The van der Waals surface area contributed by atoms with Crippen LogP contribution in [0.2, 0.25) is 0 Å². The topological polar surface area (TPSA) is 62.5 Å². The van der Waals surface area contributed by atoms with Crippen LogP contribution in [0, 0.1) is 0 Å². The summed E-state index contributed by atoms with van der Waals surface area (Å²) in [7, 11) is 1.75. The fourth-order valence-electron chi connectivity index (χ4n) is 1.90. The zero-order valence-corrected chi connectivity index (χ0v) is 16.4. The molecule has 2 rings (SSSR count). The second-order valence-electron chi connectivity index (χ2n) is 6.13. The Morgan fingerprint density at radius 2 is 1.78 bits per heavy atom. The van der Waals surface area contributed by atoms with Crippen LogP contribution in [-0.4, -0.2) is 18.0 Å². The van der Waals surface area contributed by atoms with Gasteiger partial charge >= 0.3 is 0 Å². The minimum absolute atomic E-state index is 0. The number of halogens is 1. The second kappa shape index (κ2) is 8.90. The van der Waals surface area contributed by atoms with Crippen LogP contribution in [0.15, 0.2) is 45.9 Å². The first-order valence-electron chi connectivity index (χ1n) is 7.42. The van der Waals surface area contributed by atoms with Crippen LogP contribution in [0.25, 0.3) is 0 Å². The summed E-state index contributed by atoms with van der Waals surface area (Å²) >= 11 is 0. The predicted octanol–water partition coefficient (Wildman–Crippen LogP) is 3.46. The van der Waals surface area contributed by atoms with E-state index >= 15 is 0 Å². The molecule has 0 spiro atoms. The minimum atomic E-state index is -0.0293. The molecule has 0 bridgehead atoms. The van der Waals surface area contributed by atoms with Gasteiger partial charge in [0, 0.05) is 19.0 Å². The van der Waals surface area contributed by atoms with Crippen LogP contribution >= 0.6 is 24.0 Å². The summed E-state index contributed by atoms with van der Waals surface area (Å²) in [4.78, 5) is 8.49. The van der Waals surface area contributed by atoms with Gasteiger partial charge in [0.2, 0.25) is 5.89 Å². The van der Waals surface area contributed by atoms with Gasteiger partial charge in [-0.05, 0) is 5.56 Å². The molecule has 6 heteroatoms. The van der Waals surface area contributed by atoms with E-state index in [-0.39, 0.29) is 29.4 Å². The van der Waals surface area contributed by atoms with Crippen molar-refractivity contribution in [3.8, 4) is 0 Å². The molecule has 0 atom stereocenters. The SMILES string of the molecule is CN=C(NCc1ccccc1)NCc1ncc(C(C)(C)C)o1.I. The van der Waals surface area contributed by atoms with E-state index in [1.54, 1.807) is 13.2 Å². The highest BCUT2D eigenvalue weighted by atomic mass is 127. The van der Waals surface area contributed by atoms with E-state index < -0.39 is 0 Å². The van der Waals surface area contributed by atoms with E-state index in [2.05, 4.69) is 53.5 Å². The summed E-state index contributed by atoms with van der Waals surface area (Å²) in [5.74, 6) is 2.27. The Morgan fingerprint density at radius 1 is 1.13 bits per heavy atom. The van der Waals surface area contributed by atoms with Crippen molar-refractivity contribution in [2.45, 2.75) is 39.3 Å². The Balaban J connectivity index is 0.00000264. The molecule has 0 aliphatic rings. The average molecular weight is 428 g/mol. The van der Waals surface area contributed by atoms with Gasteiger partial charge in [-0.2, -0.15) is 0 Å². The average Bonchev–Trinajstić information content (AvgIpc) is 2.97. The van der Waals surface area contributed by atoms with Gasteiger partial charge in [0.1, 0.15) is 5.76 Å². The molecule has 0 saturated heterocycles. The Morgan fingerprint density at radius 3 is 2.35 bits per heavy atom. The highest BCUT2D eigenvalue weighted by Crippen LogP contribution is 2.22. The van der Waals surface area contributed by atoms with Gasteiger partial charge in [-0.25, -0.2) is 4.98 Å². The fraction of sp³-hybridized carbons (Fsp3) is 0.412. The summed E-state index contributed by atoms with van der Waals surface area (Å²) in [6.07, 6.45) is 1.79. The lowest BCUT2D eigenvalue weighted by Crippen LogP contribution is -2.36. The second-order valence-corrected chi connectivity index (χ2v) is 6.13. The number of nitrogens with one attached hydrogen (secondary N) is 2. The maximum atomic E-state index is 5.75. The molecule has 0 radical (unpaired) electrons. The quantitative estimate of drug-likeness (QED) is 0.445. The Labute approximate surface area is 155 Å².